The van der Waals surface area contributed by atoms with Crippen LogP contribution in [0.3, 0.4) is 0 Å². The third kappa shape index (κ3) is 4.09. The summed E-state index contributed by atoms with van der Waals surface area (Å²) in [7, 11) is 3.20. The highest BCUT2D eigenvalue weighted by Gasteiger charge is 2.24. The average Bonchev–Trinajstić information content (AvgIpc) is 2.45. The zero-order chi connectivity index (χ0) is 15.4. The Bertz CT molecular complexity index is 456. The van der Waals surface area contributed by atoms with Crippen molar-refractivity contribution in [1.82, 2.24) is 4.90 Å². The monoisotopic (exact) mass is 295 g/mol. The fourth-order valence-electron chi connectivity index (χ4n) is 2.84. The molecule has 1 aliphatic rings. The van der Waals surface area contributed by atoms with Crippen molar-refractivity contribution in [1.29, 1.82) is 0 Å². The van der Waals surface area contributed by atoms with Gasteiger partial charge in [0.25, 0.3) is 0 Å². The van der Waals surface area contributed by atoms with Crippen LogP contribution in [0.15, 0.2) is 18.2 Å². The molecule has 0 saturated carbocycles. The molecule has 1 N–H and O–H groups in total. The van der Waals surface area contributed by atoms with Crippen molar-refractivity contribution in [3.05, 3.63) is 23.8 Å². The second-order valence-electron chi connectivity index (χ2n) is 5.61. The molecule has 0 bridgehead atoms. The van der Waals surface area contributed by atoms with E-state index in [1.807, 2.05) is 18.2 Å². The number of β-amino-alcohol motifs (C(OH)–C–C–N with tert-alkyl or cyclic N) is 1. The quantitative estimate of drug-likeness (QED) is 0.898. The van der Waals surface area contributed by atoms with Gasteiger partial charge in [0.05, 0.1) is 32.5 Å². The number of methoxy groups -OCH3 is 2. The lowest BCUT2D eigenvalue weighted by Gasteiger charge is -2.36. The van der Waals surface area contributed by atoms with Gasteiger partial charge in [0.2, 0.25) is 0 Å². The van der Waals surface area contributed by atoms with E-state index in [1.54, 1.807) is 14.2 Å². The molecule has 21 heavy (non-hydrogen) atoms. The highest BCUT2D eigenvalue weighted by atomic mass is 16.5. The van der Waals surface area contributed by atoms with Crippen LogP contribution in [0.4, 0.5) is 0 Å². The van der Waals surface area contributed by atoms with Crippen molar-refractivity contribution in [3.63, 3.8) is 0 Å². The molecule has 1 aromatic rings. The van der Waals surface area contributed by atoms with Gasteiger partial charge in [0.1, 0.15) is 0 Å². The number of hydrogen-bond acceptors (Lipinski definition) is 5. The summed E-state index contributed by atoms with van der Waals surface area (Å²) in [5.74, 6) is 1.31. The molecule has 0 aliphatic carbocycles. The number of morpholine rings is 1. The van der Waals surface area contributed by atoms with E-state index in [0.717, 1.165) is 18.7 Å². The standard InChI is InChI=1S/C16H25NO4/c1-11-8-17(9-12(2)21-11)10-14(18)13-5-6-15(19-3)16(7-13)20-4/h5-7,11-12,14,18H,8-10H2,1-4H3. The van der Waals surface area contributed by atoms with Gasteiger partial charge >= 0.3 is 0 Å². The maximum absolute atomic E-state index is 10.4. The van der Waals surface area contributed by atoms with Crippen LogP contribution >= 0.6 is 0 Å². The molecular formula is C16H25NO4. The molecule has 118 valence electrons. The maximum Gasteiger partial charge on any atom is 0.161 e. The topological polar surface area (TPSA) is 51.2 Å². The Morgan fingerprint density at radius 2 is 1.81 bits per heavy atom. The first-order valence-corrected chi connectivity index (χ1v) is 7.31. The SMILES string of the molecule is COc1ccc(C(O)CN2CC(C)OC(C)C2)cc1OC. The average molecular weight is 295 g/mol. The zero-order valence-corrected chi connectivity index (χ0v) is 13.2. The fraction of sp³-hybridized carbons (Fsp3) is 0.625. The molecule has 3 unspecified atom stereocenters. The molecule has 5 heteroatoms. The van der Waals surface area contributed by atoms with Crippen molar-refractivity contribution >= 4 is 0 Å². The molecule has 1 heterocycles. The number of ether oxygens (including phenoxy) is 3. The molecule has 2 rings (SSSR count). The predicted octanol–water partition coefficient (Wildman–Crippen LogP) is 1.85. The van der Waals surface area contributed by atoms with Gasteiger partial charge in [-0.05, 0) is 31.5 Å². The number of rotatable bonds is 5. The first-order chi connectivity index (χ1) is 10.0. The summed E-state index contributed by atoms with van der Waals surface area (Å²) in [5.41, 5.74) is 0.833. The van der Waals surface area contributed by atoms with E-state index in [2.05, 4.69) is 18.7 Å². The highest BCUT2D eigenvalue weighted by Crippen LogP contribution is 2.30. The number of benzene rings is 1. The molecule has 1 aliphatic heterocycles. The second-order valence-corrected chi connectivity index (χ2v) is 5.61. The minimum absolute atomic E-state index is 0.200. The van der Waals surface area contributed by atoms with E-state index in [9.17, 15) is 5.11 Å². The summed E-state index contributed by atoms with van der Waals surface area (Å²) in [6.45, 7) is 6.40. The van der Waals surface area contributed by atoms with Gasteiger partial charge in [-0.15, -0.1) is 0 Å². The van der Waals surface area contributed by atoms with E-state index in [-0.39, 0.29) is 12.2 Å². The fourth-order valence-corrected chi connectivity index (χ4v) is 2.84. The van der Waals surface area contributed by atoms with Crippen molar-refractivity contribution in [3.8, 4) is 11.5 Å². The Morgan fingerprint density at radius 3 is 2.38 bits per heavy atom. The summed E-state index contributed by atoms with van der Waals surface area (Å²) in [4.78, 5) is 2.24. The highest BCUT2D eigenvalue weighted by molar-refractivity contribution is 5.43. The van der Waals surface area contributed by atoms with Gasteiger partial charge in [0, 0.05) is 19.6 Å². The third-order valence-electron chi connectivity index (χ3n) is 3.72. The van der Waals surface area contributed by atoms with Crippen LogP contribution in [-0.4, -0.2) is 56.1 Å². The van der Waals surface area contributed by atoms with E-state index in [1.165, 1.54) is 0 Å². The molecule has 1 saturated heterocycles. The third-order valence-corrected chi connectivity index (χ3v) is 3.72. The summed E-state index contributed by atoms with van der Waals surface area (Å²) in [6, 6.07) is 5.53. The predicted molar refractivity (Wildman–Crippen MR) is 81.0 cm³/mol. The molecule has 1 fully saturated rings. The van der Waals surface area contributed by atoms with Gasteiger partial charge in [-0.1, -0.05) is 6.07 Å². The van der Waals surface area contributed by atoms with Crippen LogP contribution in [0.25, 0.3) is 0 Å². The summed E-state index contributed by atoms with van der Waals surface area (Å²) >= 11 is 0. The second kappa shape index (κ2) is 7.11. The van der Waals surface area contributed by atoms with Gasteiger partial charge in [-0.25, -0.2) is 0 Å². The lowest BCUT2D eigenvalue weighted by molar-refractivity contribution is -0.0767. The molecule has 0 amide bonds. The first kappa shape index (κ1) is 16.1. The Kier molecular flexibility index (Phi) is 5.45. The van der Waals surface area contributed by atoms with E-state index in [0.29, 0.717) is 18.0 Å². The normalized spacial score (nSPS) is 24.6. The van der Waals surface area contributed by atoms with Crippen LogP contribution in [0.5, 0.6) is 11.5 Å². The smallest absolute Gasteiger partial charge is 0.161 e. The molecule has 0 aromatic heterocycles. The Morgan fingerprint density at radius 1 is 1.19 bits per heavy atom. The van der Waals surface area contributed by atoms with E-state index in [4.69, 9.17) is 14.2 Å². The van der Waals surface area contributed by atoms with Gasteiger partial charge < -0.3 is 19.3 Å². The Hall–Kier alpha value is -1.30. The van der Waals surface area contributed by atoms with Crippen LogP contribution in [0.1, 0.15) is 25.5 Å². The lowest BCUT2D eigenvalue weighted by atomic mass is 10.1. The summed E-state index contributed by atoms with van der Waals surface area (Å²) in [5, 5.41) is 10.4. The number of aliphatic hydroxyl groups is 1. The molecule has 1 aromatic carbocycles. The summed E-state index contributed by atoms with van der Waals surface area (Å²) < 4.78 is 16.2. The largest absolute Gasteiger partial charge is 0.493 e. The van der Waals surface area contributed by atoms with Crippen molar-refractivity contribution in [2.45, 2.75) is 32.2 Å². The first-order valence-electron chi connectivity index (χ1n) is 7.31. The van der Waals surface area contributed by atoms with Crippen LogP contribution in [0.2, 0.25) is 0 Å². The number of aliphatic hydroxyl groups excluding tert-OH is 1. The van der Waals surface area contributed by atoms with Crippen LogP contribution in [0, 0.1) is 0 Å². The van der Waals surface area contributed by atoms with Crippen LogP contribution in [-0.2, 0) is 4.74 Å². The minimum Gasteiger partial charge on any atom is -0.493 e. The number of hydrogen-bond donors (Lipinski definition) is 1. The van der Waals surface area contributed by atoms with Crippen molar-refractivity contribution < 1.29 is 19.3 Å². The van der Waals surface area contributed by atoms with Crippen molar-refractivity contribution in [2.24, 2.45) is 0 Å². The lowest BCUT2D eigenvalue weighted by Crippen LogP contribution is -2.46. The molecule has 3 atom stereocenters. The Labute approximate surface area is 126 Å². The van der Waals surface area contributed by atoms with Gasteiger partial charge in [-0.2, -0.15) is 0 Å². The molecular weight excluding hydrogens is 270 g/mol. The van der Waals surface area contributed by atoms with E-state index < -0.39 is 6.10 Å². The molecule has 0 radical (unpaired) electrons. The van der Waals surface area contributed by atoms with Crippen molar-refractivity contribution in [2.75, 3.05) is 33.9 Å². The van der Waals surface area contributed by atoms with Gasteiger partial charge in [0.15, 0.2) is 11.5 Å². The van der Waals surface area contributed by atoms with Gasteiger partial charge in [-0.3, -0.25) is 4.90 Å². The minimum atomic E-state index is -0.553. The molecule has 5 nitrogen and oxygen atoms in total. The zero-order valence-electron chi connectivity index (χ0n) is 13.2. The maximum atomic E-state index is 10.4. The van der Waals surface area contributed by atoms with E-state index >= 15 is 0 Å². The summed E-state index contributed by atoms with van der Waals surface area (Å²) in [6.07, 6.45) is -0.153. The Balaban J connectivity index is 2.04. The molecule has 0 spiro atoms. The van der Waals surface area contributed by atoms with Crippen LogP contribution < -0.4 is 9.47 Å². The number of nitrogens with zero attached hydrogens (tertiary/aromatic N) is 1.